The van der Waals surface area contributed by atoms with Crippen molar-refractivity contribution in [1.82, 2.24) is 9.97 Å². The van der Waals surface area contributed by atoms with Crippen LogP contribution in [0.4, 0.5) is 5.82 Å². The van der Waals surface area contributed by atoms with Crippen molar-refractivity contribution >= 4 is 5.82 Å². The van der Waals surface area contributed by atoms with E-state index < -0.39 is 0 Å². The molecular weight excluding hydrogens is 186 g/mol. The molecule has 15 heavy (non-hydrogen) atoms. The van der Waals surface area contributed by atoms with E-state index in [1.807, 2.05) is 19.9 Å². The summed E-state index contributed by atoms with van der Waals surface area (Å²) in [5, 5.41) is 3.23. The van der Waals surface area contributed by atoms with Crippen molar-refractivity contribution in [3.05, 3.63) is 29.7 Å². The Morgan fingerprint density at radius 3 is 2.67 bits per heavy atom. The number of nitrogens with one attached hydrogen (secondary N) is 1. The van der Waals surface area contributed by atoms with Crippen LogP contribution in [0.1, 0.15) is 38.2 Å². The molecule has 0 radical (unpaired) electrons. The fourth-order valence-corrected chi connectivity index (χ4v) is 1.18. The summed E-state index contributed by atoms with van der Waals surface area (Å²) in [5.74, 6) is 2.13. The third kappa shape index (κ3) is 3.70. The molecule has 3 nitrogen and oxygen atoms in total. The molecule has 0 aliphatic carbocycles. The van der Waals surface area contributed by atoms with Crippen LogP contribution in [0.5, 0.6) is 0 Å². The molecule has 3 heteroatoms. The number of hydrogen-bond donors (Lipinski definition) is 1. The van der Waals surface area contributed by atoms with E-state index in [0.29, 0.717) is 5.92 Å². The van der Waals surface area contributed by atoms with Crippen molar-refractivity contribution < 1.29 is 0 Å². The van der Waals surface area contributed by atoms with Gasteiger partial charge in [0.05, 0.1) is 0 Å². The van der Waals surface area contributed by atoms with E-state index in [9.17, 15) is 0 Å². The van der Waals surface area contributed by atoms with Crippen LogP contribution in [-0.4, -0.2) is 16.5 Å². The summed E-state index contributed by atoms with van der Waals surface area (Å²) < 4.78 is 0. The van der Waals surface area contributed by atoms with Gasteiger partial charge in [-0.05, 0) is 13.8 Å². The van der Waals surface area contributed by atoms with E-state index >= 15 is 0 Å². The highest BCUT2D eigenvalue weighted by Gasteiger charge is 2.05. The van der Waals surface area contributed by atoms with E-state index in [-0.39, 0.29) is 0 Å². The zero-order valence-corrected chi connectivity index (χ0v) is 9.96. The third-order valence-electron chi connectivity index (χ3n) is 1.96. The molecule has 0 saturated carbocycles. The molecule has 1 heterocycles. The van der Waals surface area contributed by atoms with Gasteiger partial charge in [-0.1, -0.05) is 26.0 Å². The number of rotatable bonds is 4. The van der Waals surface area contributed by atoms with Crippen molar-refractivity contribution in [2.45, 2.75) is 33.6 Å². The average Bonchev–Trinajstić information content (AvgIpc) is 2.13. The molecule has 1 aromatic heterocycles. The van der Waals surface area contributed by atoms with Crippen molar-refractivity contribution in [2.24, 2.45) is 0 Å². The molecule has 0 aliphatic rings. The van der Waals surface area contributed by atoms with Gasteiger partial charge in [0.15, 0.2) is 0 Å². The summed E-state index contributed by atoms with van der Waals surface area (Å²) in [6.07, 6.45) is 0. The van der Waals surface area contributed by atoms with E-state index in [2.05, 4.69) is 35.7 Å². The second kappa shape index (κ2) is 4.91. The zero-order chi connectivity index (χ0) is 11.4. The largest absolute Gasteiger partial charge is 0.366 e. The van der Waals surface area contributed by atoms with E-state index in [4.69, 9.17) is 0 Å². The predicted molar refractivity (Wildman–Crippen MR) is 64.2 cm³/mol. The highest BCUT2D eigenvalue weighted by Crippen LogP contribution is 2.13. The van der Waals surface area contributed by atoms with E-state index in [1.165, 1.54) is 0 Å². The molecule has 1 aromatic rings. The first kappa shape index (κ1) is 11.7. The maximum Gasteiger partial charge on any atom is 0.133 e. The standard InChI is InChI=1S/C12H19N3/c1-8(2)7-13-11-6-10(5)14-12(15-11)9(3)4/h6,9H,1,7H2,2-5H3,(H,13,14,15). The van der Waals surface area contributed by atoms with Crippen molar-refractivity contribution in [3.8, 4) is 0 Å². The number of anilines is 1. The van der Waals surface area contributed by atoms with Crippen LogP contribution in [0.25, 0.3) is 0 Å². The van der Waals surface area contributed by atoms with Crippen LogP contribution < -0.4 is 5.32 Å². The summed E-state index contributed by atoms with van der Waals surface area (Å²) >= 11 is 0. The molecule has 0 saturated heterocycles. The van der Waals surface area contributed by atoms with Gasteiger partial charge in [-0.25, -0.2) is 9.97 Å². The van der Waals surface area contributed by atoms with Gasteiger partial charge in [-0.15, -0.1) is 0 Å². The molecule has 0 fully saturated rings. The summed E-state index contributed by atoms with van der Waals surface area (Å²) in [5.41, 5.74) is 2.09. The Morgan fingerprint density at radius 2 is 2.13 bits per heavy atom. The number of hydrogen-bond acceptors (Lipinski definition) is 3. The van der Waals surface area contributed by atoms with Gasteiger partial charge < -0.3 is 5.32 Å². The first-order chi connectivity index (χ1) is 6.99. The molecule has 0 amide bonds. The van der Waals surface area contributed by atoms with Crippen LogP contribution in [0.2, 0.25) is 0 Å². The van der Waals surface area contributed by atoms with E-state index in [1.54, 1.807) is 0 Å². The van der Waals surface area contributed by atoms with Gasteiger partial charge in [-0.2, -0.15) is 0 Å². The molecule has 0 aromatic carbocycles. The first-order valence-corrected chi connectivity index (χ1v) is 5.23. The summed E-state index contributed by atoms with van der Waals surface area (Å²) in [6, 6.07) is 1.95. The number of aryl methyl sites for hydroxylation is 1. The summed E-state index contributed by atoms with van der Waals surface area (Å²) in [7, 11) is 0. The Balaban J connectivity index is 2.84. The SMILES string of the molecule is C=C(C)CNc1cc(C)nc(C(C)C)n1. The minimum atomic E-state index is 0.357. The molecule has 0 unspecified atom stereocenters. The average molecular weight is 205 g/mol. The molecule has 1 rings (SSSR count). The zero-order valence-electron chi connectivity index (χ0n) is 9.96. The van der Waals surface area contributed by atoms with Gasteiger partial charge in [0.25, 0.3) is 0 Å². The van der Waals surface area contributed by atoms with Gasteiger partial charge in [0, 0.05) is 24.2 Å². The minimum absolute atomic E-state index is 0.357. The van der Waals surface area contributed by atoms with Gasteiger partial charge >= 0.3 is 0 Å². The molecule has 0 atom stereocenters. The quantitative estimate of drug-likeness (QED) is 0.768. The topological polar surface area (TPSA) is 37.8 Å². The number of nitrogens with zero attached hydrogens (tertiary/aromatic N) is 2. The van der Waals surface area contributed by atoms with Gasteiger partial charge in [0.2, 0.25) is 0 Å². The minimum Gasteiger partial charge on any atom is -0.366 e. The maximum absolute atomic E-state index is 4.44. The van der Waals surface area contributed by atoms with Crippen LogP contribution in [0, 0.1) is 6.92 Å². The first-order valence-electron chi connectivity index (χ1n) is 5.23. The van der Waals surface area contributed by atoms with Crippen molar-refractivity contribution in [1.29, 1.82) is 0 Å². The third-order valence-corrected chi connectivity index (χ3v) is 1.96. The van der Waals surface area contributed by atoms with Gasteiger partial charge in [0.1, 0.15) is 11.6 Å². The Morgan fingerprint density at radius 1 is 1.47 bits per heavy atom. The molecular formula is C12H19N3. The molecule has 0 aliphatic heterocycles. The Hall–Kier alpha value is -1.38. The Bertz CT molecular complexity index is 356. The fraction of sp³-hybridized carbons (Fsp3) is 0.500. The number of aromatic nitrogens is 2. The molecule has 0 bridgehead atoms. The molecule has 0 spiro atoms. The van der Waals surface area contributed by atoms with Crippen LogP contribution in [-0.2, 0) is 0 Å². The van der Waals surface area contributed by atoms with Crippen molar-refractivity contribution in [2.75, 3.05) is 11.9 Å². The summed E-state index contributed by atoms with van der Waals surface area (Å²) in [4.78, 5) is 8.83. The Labute approximate surface area is 91.7 Å². The lowest BCUT2D eigenvalue weighted by Gasteiger charge is -2.09. The van der Waals surface area contributed by atoms with Crippen LogP contribution >= 0.6 is 0 Å². The second-order valence-electron chi connectivity index (χ2n) is 4.22. The highest BCUT2D eigenvalue weighted by atomic mass is 15.0. The smallest absolute Gasteiger partial charge is 0.133 e. The fourth-order valence-electron chi connectivity index (χ4n) is 1.18. The molecule has 1 N–H and O–H groups in total. The predicted octanol–water partition coefficient (Wildman–Crippen LogP) is 2.90. The van der Waals surface area contributed by atoms with Crippen LogP contribution in [0.3, 0.4) is 0 Å². The monoisotopic (exact) mass is 205 g/mol. The van der Waals surface area contributed by atoms with Crippen molar-refractivity contribution in [3.63, 3.8) is 0 Å². The lowest BCUT2D eigenvalue weighted by Crippen LogP contribution is -2.08. The van der Waals surface area contributed by atoms with Crippen LogP contribution in [0.15, 0.2) is 18.2 Å². The molecule has 82 valence electrons. The summed E-state index contributed by atoms with van der Waals surface area (Å²) in [6.45, 7) is 12.8. The maximum atomic E-state index is 4.44. The van der Waals surface area contributed by atoms with Gasteiger partial charge in [-0.3, -0.25) is 0 Å². The highest BCUT2D eigenvalue weighted by molar-refractivity contribution is 5.37. The van der Waals surface area contributed by atoms with E-state index in [0.717, 1.165) is 29.5 Å². The normalized spacial score (nSPS) is 10.5. The Kier molecular flexibility index (Phi) is 3.83. The lowest BCUT2D eigenvalue weighted by atomic mass is 10.2. The lowest BCUT2D eigenvalue weighted by molar-refractivity contribution is 0.767. The second-order valence-corrected chi connectivity index (χ2v) is 4.22.